The fraction of sp³-hybridized carbons (Fsp3) is 0.538. The number of aliphatic hydroxyl groups excluding tert-OH is 1. The molecule has 4 heteroatoms. The third-order valence-electron chi connectivity index (χ3n) is 3.41. The fourth-order valence-corrected chi connectivity index (χ4v) is 1.72. The van der Waals surface area contributed by atoms with Gasteiger partial charge in [-0.1, -0.05) is 32.0 Å². The Morgan fingerprint density at radius 3 is 2.41 bits per heavy atom. The second kappa shape index (κ2) is 5.56. The largest absolute Gasteiger partial charge is 0.388 e. The van der Waals surface area contributed by atoms with Crippen molar-refractivity contribution in [3.8, 4) is 0 Å². The van der Waals surface area contributed by atoms with Crippen molar-refractivity contribution in [2.24, 2.45) is 11.1 Å². The first-order valence-corrected chi connectivity index (χ1v) is 5.70. The second-order valence-corrected chi connectivity index (χ2v) is 4.59. The lowest BCUT2D eigenvalue weighted by Crippen LogP contribution is -2.33. The molecule has 0 amide bonds. The first-order chi connectivity index (χ1) is 7.94. The predicted octanol–water partition coefficient (Wildman–Crippen LogP) is 3.03. The highest BCUT2D eigenvalue weighted by molar-refractivity contribution is 5.27. The number of halogens is 2. The SMILES string of the molecule is CCC(C)(CN)C(O)c1cccc(C(F)F)c1. The van der Waals surface area contributed by atoms with Gasteiger partial charge in [-0.3, -0.25) is 0 Å². The lowest BCUT2D eigenvalue weighted by Gasteiger charge is -2.32. The van der Waals surface area contributed by atoms with Gasteiger partial charge in [0, 0.05) is 17.5 Å². The first-order valence-electron chi connectivity index (χ1n) is 5.70. The van der Waals surface area contributed by atoms with Crippen LogP contribution in [0, 0.1) is 5.41 Å². The molecule has 0 aliphatic rings. The van der Waals surface area contributed by atoms with Crippen molar-refractivity contribution in [2.45, 2.75) is 32.8 Å². The Balaban J connectivity index is 3.03. The van der Waals surface area contributed by atoms with Crippen molar-refractivity contribution in [3.05, 3.63) is 35.4 Å². The van der Waals surface area contributed by atoms with E-state index in [2.05, 4.69) is 0 Å². The molecule has 0 radical (unpaired) electrons. The summed E-state index contributed by atoms with van der Waals surface area (Å²) in [6, 6.07) is 5.89. The van der Waals surface area contributed by atoms with Gasteiger partial charge in [-0.25, -0.2) is 8.78 Å². The van der Waals surface area contributed by atoms with Crippen LogP contribution < -0.4 is 5.73 Å². The van der Waals surface area contributed by atoms with Gasteiger partial charge in [0.25, 0.3) is 6.43 Å². The highest BCUT2D eigenvalue weighted by Crippen LogP contribution is 2.36. The quantitative estimate of drug-likeness (QED) is 0.835. The van der Waals surface area contributed by atoms with E-state index in [1.54, 1.807) is 6.07 Å². The Hall–Kier alpha value is -1.00. The molecule has 1 aromatic rings. The lowest BCUT2D eigenvalue weighted by atomic mass is 9.78. The zero-order valence-electron chi connectivity index (χ0n) is 10.2. The minimum Gasteiger partial charge on any atom is -0.388 e. The molecule has 1 rings (SSSR count). The van der Waals surface area contributed by atoms with Gasteiger partial charge in [0.15, 0.2) is 0 Å². The van der Waals surface area contributed by atoms with E-state index in [1.807, 2.05) is 13.8 Å². The van der Waals surface area contributed by atoms with Crippen LogP contribution in [0.1, 0.15) is 43.9 Å². The molecule has 0 heterocycles. The molecule has 0 spiro atoms. The molecule has 0 saturated heterocycles. The van der Waals surface area contributed by atoms with E-state index in [4.69, 9.17) is 5.73 Å². The van der Waals surface area contributed by atoms with Crippen LogP contribution >= 0.6 is 0 Å². The highest BCUT2D eigenvalue weighted by Gasteiger charge is 2.31. The zero-order valence-corrected chi connectivity index (χ0v) is 10.2. The molecule has 2 atom stereocenters. The van der Waals surface area contributed by atoms with Gasteiger partial charge >= 0.3 is 0 Å². The van der Waals surface area contributed by atoms with Crippen molar-refractivity contribution < 1.29 is 13.9 Å². The average molecular weight is 243 g/mol. The van der Waals surface area contributed by atoms with Gasteiger partial charge in [-0.2, -0.15) is 0 Å². The van der Waals surface area contributed by atoms with Gasteiger partial charge in [-0.05, 0) is 18.1 Å². The maximum absolute atomic E-state index is 12.6. The van der Waals surface area contributed by atoms with Crippen LogP contribution in [-0.2, 0) is 0 Å². The molecule has 3 N–H and O–H groups in total. The van der Waals surface area contributed by atoms with Crippen molar-refractivity contribution >= 4 is 0 Å². The van der Waals surface area contributed by atoms with E-state index in [1.165, 1.54) is 18.2 Å². The molecule has 2 nitrogen and oxygen atoms in total. The molecule has 96 valence electrons. The minimum absolute atomic E-state index is 0.0722. The summed E-state index contributed by atoms with van der Waals surface area (Å²) >= 11 is 0. The normalized spacial score (nSPS) is 16.9. The summed E-state index contributed by atoms with van der Waals surface area (Å²) in [4.78, 5) is 0. The molecule has 1 aromatic carbocycles. The summed E-state index contributed by atoms with van der Waals surface area (Å²) in [5, 5.41) is 10.2. The van der Waals surface area contributed by atoms with Crippen LogP contribution in [0.2, 0.25) is 0 Å². The zero-order chi connectivity index (χ0) is 13.1. The predicted molar refractivity (Wildman–Crippen MR) is 63.8 cm³/mol. The van der Waals surface area contributed by atoms with Crippen LogP contribution in [0.4, 0.5) is 8.78 Å². The molecule has 0 aliphatic carbocycles. The summed E-state index contributed by atoms with van der Waals surface area (Å²) in [6.45, 7) is 4.09. The topological polar surface area (TPSA) is 46.2 Å². The average Bonchev–Trinajstić information content (AvgIpc) is 2.37. The molecule has 0 fully saturated rings. The van der Waals surface area contributed by atoms with Gasteiger partial charge < -0.3 is 10.8 Å². The number of benzene rings is 1. The maximum atomic E-state index is 12.6. The molecule has 17 heavy (non-hydrogen) atoms. The van der Waals surface area contributed by atoms with Gasteiger partial charge in [0.05, 0.1) is 6.10 Å². The Morgan fingerprint density at radius 2 is 1.94 bits per heavy atom. The van der Waals surface area contributed by atoms with Gasteiger partial charge in [0.1, 0.15) is 0 Å². The Kier molecular flexibility index (Phi) is 4.60. The standard InChI is InChI=1S/C13H19F2NO/c1-3-13(2,8-16)11(17)9-5-4-6-10(7-9)12(14)15/h4-7,11-12,17H,3,8,16H2,1-2H3. The van der Waals surface area contributed by atoms with Crippen LogP contribution in [0.3, 0.4) is 0 Å². The van der Waals surface area contributed by atoms with E-state index in [9.17, 15) is 13.9 Å². The highest BCUT2D eigenvalue weighted by atomic mass is 19.3. The maximum Gasteiger partial charge on any atom is 0.263 e. The van der Waals surface area contributed by atoms with Crippen LogP contribution in [0.5, 0.6) is 0 Å². The monoisotopic (exact) mass is 243 g/mol. The Labute approximate surface area is 100 Å². The molecule has 0 saturated carbocycles. The fourth-order valence-electron chi connectivity index (χ4n) is 1.72. The van der Waals surface area contributed by atoms with Crippen molar-refractivity contribution in [3.63, 3.8) is 0 Å². The number of aliphatic hydroxyl groups is 1. The number of nitrogens with two attached hydrogens (primary N) is 1. The van der Waals surface area contributed by atoms with E-state index in [-0.39, 0.29) is 5.56 Å². The third kappa shape index (κ3) is 3.01. The molecular formula is C13H19F2NO. The van der Waals surface area contributed by atoms with E-state index < -0.39 is 17.9 Å². The molecule has 0 aliphatic heterocycles. The summed E-state index contributed by atoms with van der Waals surface area (Å²) in [7, 11) is 0. The van der Waals surface area contributed by atoms with Gasteiger partial charge in [0.2, 0.25) is 0 Å². The summed E-state index contributed by atoms with van der Waals surface area (Å²) in [5.74, 6) is 0. The van der Waals surface area contributed by atoms with E-state index >= 15 is 0 Å². The van der Waals surface area contributed by atoms with Crippen LogP contribution in [0.25, 0.3) is 0 Å². The number of hydrogen-bond acceptors (Lipinski definition) is 2. The van der Waals surface area contributed by atoms with Crippen molar-refractivity contribution in [2.75, 3.05) is 6.54 Å². The van der Waals surface area contributed by atoms with Crippen LogP contribution in [-0.4, -0.2) is 11.7 Å². The smallest absolute Gasteiger partial charge is 0.263 e. The minimum atomic E-state index is -2.52. The third-order valence-corrected chi connectivity index (χ3v) is 3.41. The number of alkyl halides is 2. The Bertz CT molecular complexity index is 364. The summed E-state index contributed by atoms with van der Waals surface area (Å²) in [6.07, 6.45) is -2.66. The summed E-state index contributed by atoms with van der Waals surface area (Å²) in [5.41, 5.74) is 5.59. The first kappa shape index (κ1) is 14.1. The molecule has 2 unspecified atom stereocenters. The molecule has 0 bridgehead atoms. The number of rotatable bonds is 5. The van der Waals surface area contributed by atoms with Crippen molar-refractivity contribution in [1.82, 2.24) is 0 Å². The summed E-state index contributed by atoms with van der Waals surface area (Å²) < 4.78 is 25.1. The van der Waals surface area contributed by atoms with E-state index in [0.29, 0.717) is 18.5 Å². The van der Waals surface area contributed by atoms with Gasteiger partial charge in [-0.15, -0.1) is 0 Å². The molecule has 0 aromatic heterocycles. The van der Waals surface area contributed by atoms with Crippen LogP contribution in [0.15, 0.2) is 24.3 Å². The number of hydrogen-bond donors (Lipinski definition) is 2. The van der Waals surface area contributed by atoms with E-state index in [0.717, 1.165) is 0 Å². The molecular weight excluding hydrogens is 224 g/mol. The van der Waals surface area contributed by atoms with Crippen molar-refractivity contribution in [1.29, 1.82) is 0 Å². The second-order valence-electron chi connectivity index (χ2n) is 4.59. The Morgan fingerprint density at radius 1 is 1.35 bits per heavy atom. The lowest BCUT2D eigenvalue weighted by molar-refractivity contribution is 0.0388.